The normalized spacial score (nSPS) is 10.8. The number of hydrogen-bond acceptors (Lipinski definition) is 6. The van der Waals surface area contributed by atoms with Crippen LogP contribution < -0.4 is 5.32 Å². The van der Waals surface area contributed by atoms with E-state index in [0.717, 1.165) is 11.3 Å². The van der Waals surface area contributed by atoms with Crippen molar-refractivity contribution in [3.05, 3.63) is 11.1 Å². The summed E-state index contributed by atoms with van der Waals surface area (Å²) in [7, 11) is 0. The van der Waals surface area contributed by atoms with Gasteiger partial charge < -0.3 is 9.84 Å². The maximum atomic E-state index is 11.4. The molecule has 0 unspecified atom stereocenters. The van der Waals surface area contributed by atoms with Crippen LogP contribution in [0.5, 0.6) is 0 Å². The zero-order valence-electron chi connectivity index (χ0n) is 10.0. The Balaban J connectivity index is 2.68. The lowest BCUT2D eigenvalue weighted by molar-refractivity contribution is -0.131. The van der Waals surface area contributed by atoms with Crippen molar-refractivity contribution < 1.29 is 24.2 Å². The Bertz CT molecular complexity index is 489. The molecule has 0 radical (unpaired) electrons. The number of carbonyl (C=O) groups excluding carboxylic acids is 2. The molecule has 0 spiro atoms. The number of carboxylic acid groups (broad SMARTS) is 1. The standard InChI is InChI=1S/C10H12N2O5S/c1-10(2,3)17-9(16)12-8-11-5(4-18-8)6(13)7(14)15/h4H,1-3H3,(H,14,15)(H,11,12,16)/i8+1,11+1,12+1. The largest absolute Gasteiger partial charge is 0.475 e. The van der Waals surface area contributed by atoms with Gasteiger partial charge in [-0.15, -0.1) is 11.3 Å². The average molecular weight is 275 g/mol. The number of anilines is 1. The third kappa shape index (κ3) is 4.13. The van der Waals surface area contributed by atoms with Gasteiger partial charge in [0.05, 0.1) is 0 Å². The van der Waals surface area contributed by atoms with Crippen LogP contribution in [0.1, 0.15) is 31.3 Å². The predicted molar refractivity (Wildman–Crippen MR) is 63.9 cm³/mol. The molecule has 1 rings (SSSR count). The second-order valence-electron chi connectivity index (χ2n) is 4.30. The van der Waals surface area contributed by atoms with Gasteiger partial charge in [0, 0.05) is 5.38 Å². The summed E-state index contributed by atoms with van der Waals surface area (Å²) in [6.45, 7) is 5.11. The molecular formula is C10H12N2O5S. The Hall–Kier alpha value is -1.96. The Morgan fingerprint density at radius 2 is 2.00 bits per heavy atom. The third-order valence-electron chi connectivity index (χ3n) is 1.54. The van der Waals surface area contributed by atoms with E-state index in [4.69, 9.17) is 9.84 Å². The zero-order valence-corrected chi connectivity index (χ0v) is 10.8. The van der Waals surface area contributed by atoms with E-state index in [1.54, 1.807) is 20.8 Å². The number of nitrogens with one attached hydrogen (secondary N) is 1. The lowest BCUT2D eigenvalue weighted by Gasteiger charge is -2.18. The smallest absolute Gasteiger partial charge is 0.413 e. The molecular weight excluding hydrogens is 263 g/mol. The first-order chi connectivity index (χ1) is 8.19. The molecule has 2 N–H and O–H groups in total. The fourth-order valence-electron chi connectivity index (χ4n) is 0.936. The highest BCUT2D eigenvalue weighted by Gasteiger charge is 2.20. The number of amides is 1. The molecule has 0 atom stereocenters. The lowest BCUT2D eigenvalue weighted by atomic mass is 10.2. The van der Waals surface area contributed by atoms with Gasteiger partial charge in [-0.1, -0.05) is 0 Å². The summed E-state index contributed by atoms with van der Waals surface area (Å²) in [5.41, 5.74) is -0.875. The van der Waals surface area contributed by atoms with E-state index >= 15 is 0 Å². The van der Waals surface area contributed by atoms with Crippen molar-refractivity contribution in [2.75, 3.05) is 5.32 Å². The van der Waals surface area contributed by atoms with Gasteiger partial charge in [0.2, 0.25) is 0 Å². The van der Waals surface area contributed by atoms with E-state index in [-0.39, 0.29) is 10.8 Å². The number of nitrogens with zero attached hydrogens (tertiary/aromatic N) is 1. The fraction of sp³-hybridized carbons (Fsp3) is 0.400. The van der Waals surface area contributed by atoms with Gasteiger partial charge in [-0.25, -0.2) is 14.6 Å². The number of ether oxygens (including phenoxy) is 1. The number of ketones is 1. The number of thiazole rings is 1. The maximum absolute atomic E-state index is 11.4. The molecule has 1 heterocycles. The SMILES string of the molecule is CC(C)(C)OC(=O)[15NH][13c]1[15n]c(C(=O)C(=O)O)cs1. The molecule has 8 heteroatoms. The van der Waals surface area contributed by atoms with Crippen LogP contribution in [-0.2, 0) is 9.53 Å². The van der Waals surface area contributed by atoms with Crippen molar-refractivity contribution in [1.29, 1.82) is 0 Å². The highest BCUT2D eigenvalue weighted by atomic mass is 32.1. The minimum absolute atomic E-state index is 0.105. The first-order valence-electron chi connectivity index (χ1n) is 4.92. The van der Waals surface area contributed by atoms with Crippen LogP contribution in [0.4, 0.5) is 9.93 Å². The Labute approximate surface area is 107 Å². The van der Waals surface area contributed by atoms with Gasteiger partial charge in [-0.3, -0.25) is 10.1 Å². The Morgan fingerprint density at radius 3 is 2.50 bits per heavy atom. The summed E-state index contributed by atoms with van der Waals surface area (Å²) in [5, 5.41) is 12.2. The second kappa shape index (κ2) is 5.13. The second-order valence-corrected chi connectivity index (χ2v) is 5.16. The van der Waals surface area contributed by atoms with Gasteiger partial charge in [-0.05, 0) is 20.8 Å². The van der Waals surface area contributed by atoms with E-state index in [1.807, 2.05) is 0 Å². The van der Waals surface area contributed by atoms with Crippen LogP contribution in [-0.4, -0.2) is 33.5 Å². The highest BCUT2D eigenvalue weighted by molar-refractivity contribution is 7.14. The molecule has 0 aliphatic carbocycles. The van der Waals surface area contributed by atoms with Crippen molar-refractivity contribution in [2.45, 2.75) is 26.4 Å². The quantitative estimate of drug-likeness (QED) is 0.494. The van der Waals surface area contributed by atoms with Crippen molar-refractivity contribution >= 4 is 34.3 Å². The molecule has 0 bridgehead atoms. The summed E-state index contributed by atoms with van der Waals surface area (Å²) >= 11 is 0.942. The van der Waals surface area contributed by atoms with Crippen LogP contribution >= 0.6 is 11.3 Å². The Morgan fingerprint density at radius 1 is 1.39 bits per heavy atom. The molecule has 18 heavy (non-hydrogen) atoms. The van der Waals surface area contributed by atoms with Crippen molar-refractivity contribution in [3.8, 4) is 0 Å². The molecule has 1 aromatic rings. The molecule has 7 nitrogen and oxygen atoms in total. The third-order valence-corrected chi connectivity index (χ3v) is 2.30. The van der Waals surface area contributed by atoms with Crippen LogP contribution in [0.15, 0.2) is 5.38 Å². The first kappa shape index (κ1) is 14.1. The highest BCUT2D eigenvalue weighted by Crippen LogP contribution is 2.17. The van der Waals surface area contributed by atoms with Crippen LogP contribution in [0.3, 0.4) is 0 Å². The fourth-order valence-corrected chi connectivity index (χ4v) is 1.61. The minimum Gasteiger partial charge on any atom is -0.475 e. The molecule has 1 aromatic heterocycles. The molecule has 0 aliphatic rings. The molecule has 0 aromatic carbocycles. The van der Waals surface area contributed by atoms with Gasteiger partial charge in [0.15, 0.2) is 5.13 Å². The molecule has 0 saturated heterocycles. The van der Waals surface area contributed by atoms with Gasteiger partial charge in [-0.2, -0.15) is 0 Å². The molecule has 0 saturated carbocycles. The number of rotatable bonds is 3. The van der Waals surface area contributed by atoms with Crippen LogP contribution in [0.25, 0.3) is 0 Å². The van der Waals surface area contributed by atoms with Crippen LogP contribution in [0.2, 0.25) is 0 Å². The number of carbonyl (C=O) groups is 3. The summed E-state index contributed by atoms with van der Waals surface area (Å²) in [4.78, 5) is 36.5. The average Bonchev–Trinajstić information content (AvgIpc) is 2.61. The summed E-state index contributed by atoms with van der Waals surface area (Å²) in [5.74, 6) is -2.72. The lowest BCUT2D eigenvalue weighted by Crippen LogP contribution is -2.27. The Kier molecular flexibility index (Phi) is 4.02. The van der Waals surface area contributed by atoms with E-state index in [0.29, 0.717) is 0 Å². The number of carboxylic acids is 1. The van der Waals surface area contributed by atoms with E-state index in [9.17, 15) is 14.4 Å². The topological polar surface area (TPSA) is 106 Å². The number of Topliss-reactive ketones (excluding diaryl/α,β-unsaturated/α-hetero) is 1. The van der Waals surface area contributed by atoms with Crippen LogP contribution in [0, 0.1) is 0 Å². The summed E-state index contributed by atoms with van der Waals surface area (Å²) in [6, 6.07) is 0. The number of hydrogen-bond donors (Lipinski definition) is 2. The first-order valence-corrected chi connectivity index (χ1v) is 5.80. The van der Waals surface area contributed by atoms with E-state index in [1.165, 1.54) is 5.38 Å². The minimum atomic E-state index is -1.59. The molecule has 1 amide bonds. The maximum Gasteiger partial charge on any atom is 0.413 e. The van der Waals surface area contributed by atoms with Gasteiger partial charge >= 0.3 is 12.1 Å². The predicted octanol–water partition coefficient (Wildman–Crippen LogP) is 1.76. The number of aromatic nitrogens is 1. The molecule has 0 aliphatic heterocycles. The monoisotopic (exact) mass is 275 g/mol. The van der Waals surface area contributed by atoms with Gasteiger partial charge in [0.1, 0.15) is 11.3 Å². The van der Waals surface area contributed by atoms with E-state index in [2.05, 4.69) is 10.3 Å². The number of aliphatic carboxylic acids is 1. The van der Waals surface area contributed by atoms with Crippen molar-refractivity contribution in [2.24, 2.45) is 0 Å². The molecule has 0 fully saturated rings. The van der Waals surface area contributed by atoms with Crippen molar-refractivity contribution in [1.82, 2.24) is 4.98 Å². The zero-order chi connectivity index (χ0) is 13.9. The van der Waals surface area contributed by atoms with E-state index < -0.39 is 23.4 Å². The molecule has 98 valence electrons. The summed E-state index contributed by atoms with van der Waals surface area (Å²) < 4.78 is 4.97. The van der Waals surface area contributed by atoms with Gasteiger partial charge in [0.25, 0.3) is 5.78 Å². The summed E-state index contributed by atoms with van der Waals surface area (Å²) in [6.07, 6.45) is -0.717. The van der Waals surface area contributed by atoms with Crippen molar-refractivity contribution in [3.63, 3.8) is 0 Å².